The molecule has 0 radical (unpaired) electrons. The molecule has 0 aromatic carbocycles. The molecule has 0 aliphatic heterocycles. The summed E-state index contributed by atoms with van der Waals surface area (Å²) in [6.45, 7) is 4.70. The Morgan fingerprint density at radius 1 is 1.88 bits per heavy atom. The predicted octanol–water partition coefficient (Wildman–Crippen LogP) is 1.19. The Kier molecular flexibility index (Phi) is 2.84. The number of hydrogen-bond acceptors (Lipinski definition) is 1. The van der Waals surface area contributed by atoms with Gasteiger partial charge < -0.3 is 5.73 Å². The molecule has 3 heteroatoms. The van der Waals surface area contributed by atoms with Gasteiger partial charge in [0, 0.05) is 6.42 Å². The van der Waals surface area contributed by atoms with Gasteiger partial charge in [0.2, 0.25) is 5.95 Å². The van der Waals surface area contributed by atoms with Gasteiger partial charge in [-0.15, -0.1) is 0 Å². The molecule has 0 aliphatic rings. The second-order valence-electron chi connectivity index (χ2n) is 1.33. The molecule has 0 saturated heterocycles. The average molecular weight is 116 g/mol. The maximum Gasteiger partial charge on any atom is 0.207 e. The summed E-state index contributed by atoms with van der Waals surface area (Å²) in [5.41, 5.74) is 5.12. The highest BCUT2D eigenvalue weighted by Gasteiger charge is 1.85. The Morgan fingerprint density at radius 2 is 2.38 bits per heavy atom. The van der Waals surface area contributed by atoms with Crippen molar-refractivity contribution < 1.29 is 4.39 Å². The number of amidine groups is 1. The van der Waals surface area contributed by atoms with Crippen LogP contribution in [0.4, 0.5) is 4.39 Å². The Hall–Kier alpha value is -0.860. The highest BCUT2D eigenvalue weighted by molar-refractivity contribution is 5.80. The average Bonchev–Trinajstić information content (AvgIpc) is 1.65. The topological polar surface area (TPSA) is 38.4 Å². The number of nitrogens with zero attached hydrogens (tertiary/aromatic N) is 1. The number of rotatable bonds is 2. The van der Waals surface area contributed by atoms with E-state index in [1.165, 1.54) is 0 Å². The first-order valence-electron chi connectivity index (χ1n) is 2.34. The smallest absolute Gasteiger partial charge is 0.207 e. The molecule has 0 aliphatic carbocycles. The molecule has 2 nitrogen and oxygen atoms in total. The van der Waals surface area contributed by atoms with E-state index < -0.39 is 5.95 Å². The lowest BCUT2D eigenvalue weighted by Crippen LogP contribution is -2.08. The van der Waals surface area contributed by atoms with E-state index in [2.05, 4.69) is 11.6 Å². The van der Waals surface area contributed by atoms with E-state index >= 15 is 0 Å². The van der Waals surface area contributed by atoms with E-state index in [1.54, 1.807) is 6.92 Å². The first-order valence-corrected chi connectivity index (χ1v) is 2.34. The zero-order chi connectivity index (χ0) is 6.57. The minimum absolute atomic E-state index is 0.275. The normalized spacial score (nSPS) is 11.5. The fourth-order valence-corrected chi connectivity index (χ4v) is 0.235. The second kappa shape index (κ2) is 3.18. The van der Waals surface area contributed by atoms with E-state index in [0.717, 1.165) is 0 Å². The van der Waals surface area contributed by atoms with Crippen LogP contribution in [0, 0.1) is 0 Å². The van der Waals surface area contributed by atoms with Gasteiger partial charge in [0.1, 0.15) is 5.84 Å². The molecule has 8 heavy (non-hydrogen) atoms. The van der Waals surface area contributed by atoms with Crippen molar-refractivity contribution in [2.45, 2.75) is 13.3 Å². The number of nitrogens with two attached hydrogens (primary N) is 1. The second-order valence-corrected chi connectivity index (χ2v) is 1.33. The van der Waals surface area contributed by atoms with Crippen molar-refractivity contribution >= 4 is 5.84 Å². The zero-order valence-corrected chi connectivity index (χ0v) is 4.82. The lowest BCUT2D eigenvalue weighted by atomic mass is 10.5. The first kappa shape index (κ1) is 7.14. The third-order valence-corrected chi connectivity index (χ3v) is 0.627. The van der Waals surface area contributed by atoms with E-state index in [-0.39, 0.29) is 5.84 Å². The van der Waals surface area contributed by atoms with Gasteiger partial charge in [-0.05, 0) is 6.58 Å². The van der Waals surface area contributed by atoms with Gasteiger partial charge >= 0.3 is 0 Å². The molecule has 0 aromatic heterocycles. The van der Waals surface area contributed by atoms with Crippen molar-refractivity contribution in [3.05, 3.63) is 12.5 Å². The van der Waals surface area contributed by atoms with Crippen LogP contribution in [0.3, 0.4) is 0 Å². The van der Waals surface area contributed by atoms with Crippen LogP contribution in [0.25, 0.3) is 0 Å². The summed E-state index contributed by atoms with van der Waals surface area (Å²) in [5, 5.41) is 0. The van der Waals surface area contributed by atoms with Crippen molar-refractivity contribution in [3.63, 3.8) is 0 Å². The molecule has 0 atom stereocenters. The van der Waals surface area contributed by atoms with Crippen molar-refractivity contribution in [2.24, 2.45) is 10.7 Å². The third-order valence-electron chi connectivity index (χ3n) is 0.627. The molecule has 0 aromatic rings. The fraction of sp³-hybridized carbons (Fsp3) is 0.400. The minimum Gasteiger partial charge on any atom is -0.387 e. The third kappa shape index (κ3) is 3.33. The zero-order valence-electron chi connectivity index (χ0n) is 4.82. The summed E-state index contributed by atoms with van der Waals surface area (Å²) in [4.78, 5) is 3.23. The Morgan fingerprint density at radius 3 is 2.50 bits per heavy atom. The highest BCUT2D eigenvalue weighted by Crippen LogP contribution is 1.92. The summed E-state index contributed by atoms with van der Waals surface area (Å²) < 4.78 is 11.7. The standard InChI is InChI=1S/C5H9FN2/c1-3-5(7)8-4(2)6/h2-3H2,1H3,(H2,7,8). The summed E-state index contributed by atoms with van der Waals surface area (Å²) in [5.74, 6) is -0.457. The van der Waals surface area contributed by atoms with Crippen LogP contribution in [0.5, 0.6) is 0 Å². The van der Waals surface area contributed by atoms with Gasteiger partial charge in [0.25, 0.3) is 0 Å². The number of hydrogen-bond donors (Lipinski definition) is 1. The molecular formula is C5H9FN2. The fourth-order valence-electron chi connectivity index (χ4n) is 0.235. The van der Waals surface area contributed by atoms with Crippen molar-refractivity contribution in [3.8, 4) is 0 Å². The molecule has 0 unspecified atom stereocenters. The Labute approximate surface area is 47.9 Å². The SMILES string of the molecule is C=C(F)N=C(N)CC. The maximum absolute atomic E-state index is 11.7. The molecule has 0 rings (SSSR count). The summed E-state index contributed by atoms with van der Waals surface area (Å²) in [6.07, 6.45) is 0.558. The largest absolute Gasteiger partial charge is 0.387 e. The van der Waals surface area contributed by atoms with Crippen LogP contribution >= 0.6 is 0 Å². The monoisotopic (exact) mass is 116 g/mol. The van der Waals surface area contributed by atoms with Gasteiger partial charge in [-0.1, -0.05) is 6.92 Å². The molecular weight excluding hydrogens is 107 g/mol. The van der Waals surface area contributed by atoms with Crippen molar-refractivity contribution in [1.82, 2.24) is 0 Å². The summed E-state index contributed by atoms with van der Waals surface area (Å²) in [6, 6.07) is 0. The first-order chi connectivity index (χ1) is 3.66. The molecule has 0 amide bonds. The maximum atomic E-state index is 11.7. The summed E-state index contributed by atoms with van der Waals surface area (Å²) in [7, 11) is 0. The van der Waals surface area contributed by atoms with Crippen LogP contribution in [-0.2, 0) is 0 Å². The molecule has 2 N–H and O–H groups in total. The number of aliphatic imine (C=N–C) groups is 1. The van der Waals surface area contributed by atoms with Gasteiger partial charge in [0.05, 0.1) is 0 Å². The molecule has 0 heterocycles. The van der Waals surface area contributed by atoms with Crippen molar-refractivity contribution in [1.29, 1.82) is 0 Å². The highest BCUT2D eigenvalue weighted by atomic mass is 19.1. The van der Waals surface area contributed by atoms with E-state index in [9.17, 15) is 4.39 Å². The number of halogens is 1. The van der Waals surface area contributed by atoms with Gasteiger partial charge in [0.15, 0.2) is 0 Å². The van der Waals surface area contributed by atoms with Gasteiger partial charge in [-0.3, -0.25) is 0 Å². The summed E-state index contributed by atoms with van der Waals surface area (Å²) >= 11 is 0. The van der Waals surface area contributed by atoms with Crippen molar-refractivity contribution in [2.75, 3.05) is 0 Å². The molecule has 0 bridgehead atoms. The molecule has 0 fully saturated rings. The van der Waals surface area contributed by atoms with Crippen LogP contribution in [-0.4, -0.2) is 5.84 Å². The van der Waals surface area contributed by atoms with E-state index in [4.69, 9.17) is 5.73 Å². The van der Waals surface area contributed by atoms with Gasteiger partial charge in [-0.2, -0.15) is 4.39 Å². The lowest BCUT2D eigenvalue weighted by Gasteiger charge is -1.89. The van der Waals surface area contributed by atoms with Gasteiger partial charge in [-0.25, -0.2) is 4.99 Å². The molecule has 0 saturated carbocycles. The van der Waals surface area contributed by atoms with E-state index in [0.29, 0.717) is 6.42 Å². The van der Waals surface area contributed by atoms with Crippen LogP contribution in [0.15, 0.2) is 17.5 Å². The quantitative estimate of drug-likeness (QED) is 0.328. The lowest BCUT2D eigenvalue weighted by molar-refractivity contribution is 0.632. The van der Waals surface area contributed by atoms with Crippen LogP contribution < -0.4 is 5.73 Å². The molecule has 0 spiro atoms. The predicted molar refractivity (Wildman–Crippen MR) is 32.2 cm³/mol. The van der Waals surface area contributed by atoms with E-state index in [1.807, 2.05) is 0 Å². The Bertz CT molecular complexity index is 118. The van der Waals surface area contributed by atoms with Crippen LogP contribution in [0.2, 0.25) is 0 Å². The Balaban J connectivity index is 3.75. The van der Waals surface area contributed by atoms with Crippen LogP contribution in [0.1, 0.15) is 13.3 Å². The molecule has 46 valence electrons. The minimum atomic E-state index is -0.732.